The number of alkyl halides is 1. The molecule has 0 N–H and O–H groups in total. The van der Waals surface area contributed by atoms with Crippen molar-refractivity contribution >= 4 is 0 Å². The van der Waals surface area contributed by atoms with E-state index in [1.54, 1.807) is 0 Å². The van der Waals surface area contributed by atoms with Gasteiger partial charge in [0, 0.05) is 6.61 Å². The molecule has 60 valence electrons. The zero-order chi connectivity index (χ0) is 7.56. The minimum atomic E-state index is -0.728. The molecule has 10 heavy (non-hydrogen) atoms. The molecule has 0 aromatic heterocycles. The van der Waals surface area contributed by atoms with Crippen molar-refractivity contribution in [2.75, 3.05) is 13.2 Å². The quantitative estimate of drug-likeness (QED) is 0.550. The van der Waals surface area contributed by atoms with E-state index in [0.717, 1.165) is 13.0 Å². The SMILES string of the molecule is CC(C)C1CCOCC1F. The smallest absolute Gasteiger partial charge is 0.126 e. The Labute approximate surface area is 61.6 Å². The van der Waals surface area contributed by atoms with Crippen molar-refractivity contribution in [1.29, 1.82) is 0 Å². The first-order valence-corrected chi connectivity index (χ1v) is 3.93. The van der Waals surface area contributed by atoms with Crippen LogP contribution in [0.5, 0.6) is 0 Å². The van der Waals surface area contributed by atoms with E-state index in [2.05, 4.69) is 13.8 Å². The number of ether oxygens (including phenoxy) is 1. The topological polar surface area (TPSA) is 9.23 Å². The highest BCUT2D eigenvalue weighted by Gasteiger charge is 2.27. The molecule has 1 nitrogen and oxygen atoms in total. The van der Waals surface area contributed by atoms with Crippen molar-refractivity contribution < 1.29 is 9.13 Å². The average molecular weight is 146 g/mol. The lowest BCUT2D eigenvalue weighted by Gasteiger charge is -2.28. The fraction of sp³-hybridized carbons (Fsp3) is 1.00. The second-order valence-corrected chi connectivity index (χ2v) is 3.29. The van der Waals surface area contributed by atoms with Gasteiger partial charge < -0.3 is 4.74 Å². The van der Waals surface area contributed by atoms with E-state index in [-0.39, 0.29) is 5.92 Å². The minimum Gasteiger partial charge on any atom is -0.378 e. The molecule has 0 spiro atoms. The number of halogens is 1. The lowest BCUT2D eigenvalue weighted by atomic mass is 9.87. The van der Waals surface area contributed by atoms with Gasteiger partial charge >= 0.3 is 0 Å². The van der Waals surface area contributed by atoms with E-state index in [1.165, 1.54) is 0 Å². The highest BCUT2D eigenvalue weighted by atomic mass is 19.1. The summed E-state index contributed by atoms with van der Waals surface area (Å²) in [5, 5.41) is 0. The van der Waals surface area contributed by atoms with Crippen LogP contribution in [-0.2, 0) is 4.74 Å². The van der Waals surface area contributed by atoms with Crippen molar-refractivity contribution in [2.45, 2.75) is 26.4 Å². The van der Waals surface area contributed by atoms with Gasteiger partial charge in [-0.25, -0.2) is 4.39 Å². The Morgan fingerprint density at radius 1 is 1.50 bits per heavy atom. The molecular weight excluding hydrogens is 131 g/mol. The number of hydrogen-bond acceptors (Lipinski definition) is 1. The molecule has 0 radical (unpaired) electrons. The average Bonchev–Trinajstić information content (AvgIpc) is 1.88. The van der Waals surface area contributed by atoms with E-state index in [0.29, 0.717) is 12.5 Å². The summed E-state index contributed by atoms with van der Waals surface area (Å²) in [5.41, 5.74) is 0. The Kier molecular flexibility index (Phi) is 2.66. The molecule has 0 aromatic carbocycles. The summed E-state index contributed by atoms with van der Waals surface area (Å²) in [7, 11) is 0. The highest BCUT2D eigenvalue weighted by Crippen LogP contribution is 2.25. The Morgan fingerprint density at radius 2 is 2.20 bits per heavy atom. The third kappa shape index (κ3) is 1.69. The third-order valence-corrected chi connectivity index (χ3v) is 2.19. The fourth-order valence-electron chi connectivity index (χ4n) is 1.47. The summed E-state index contributed by atoms with van der Waals surface area (Å²) >= 11 is 0. The molecule has 0 amide bonds. The Balaban J connectivity index is 2.40. The van der Waals surface area contributed by atoms with Crippen molar-refractivity contribution in [3.8, 4) is 0 Å². The molecule has 2 unspecified atom stereocenters. The van der Waals surface area contributed by atoms with E-state index >= 15 is 0 Å². The molecule has 2 atom stereocenters. The molecule has 1 heterocycles. The Morgan fingerprint density at radius 3 is 2.60 bits per heavy atom. The maximum Gasteiger partial charge on any atom is 0.126 e. The molecule has 0 aromatic rings. The predicted molar refractivity (Wildman–Crippen MR) is 38.7 cm³/mol. The van der Waals surface area contributed by atoms with E-state index in [9.17, 15) is 4.39 Å². The first kappa shape index (κ1) is 7.99. The van der Waals surface area contributed by atoms with Gasteiger partial charge in [0.15, 0.2) is 0 Å². The molecule has 0 saturated carbocycles. The molecule has 0 aliphatic carbocycles. The summed E-state index contributed by atoms with van der Waals surface area (Å²) in [4.78, 5) is 0. The minimum absolute atomic E-state index is 0.230. The summed E-state index contributed by atoms with van der Waals surface area (Å²) in [6.07, 6.45) is 0.160. The van der Waals surface area contributed by atoms with Gasteiger partial charge in [0.1, 0.15) is 6.17 Å². The largest absolute Gasteiger partial charge is 0.378 e. The molecule has 1 fully saturated rings. The summed E-state index contributed by atoms with van der Waals surface area (Å²) in [5.74, 6) is 0.688. The molecular formula is C8H15FO. The standard InChI is InChI=1S/C8H15FO/c1-6(2)7-3-4-10-5-8(7)9/h6-8H,3-5H2,1-2H3. The first-order valence-electron chi connectivity index (χ1n) is 3.93. The second-order valence-electron chi connectivity index (χ2n) is 3.29. The van der Waals surface area contributed by atoms with Crippen LogP contribution >= 0.6 is 0 Å². The molecule has 0 bridgehead atoms. The van der Waals surface area contributed by atoms with Gasteiger partial charge in [-0.15, -0.1) is 0 Å². The van der Waals surface area contributed by atoms with Crippen molar-refractivity contribution in [2.24, 2.45) is 11.8 Å². The predicted octanol–water partition coefficient (Wildman–Crippen LogP) is 2.02. The summed E-state index contributed by atoms with van der Waals surface area (Å²) < 4.78 is 18.0. The zero-order valence-corrected chi connectivity index (χ0v) is 6.64. The molecule has 1 aliphatic heterocycles. The highest BCUT2D eigenvalue weighted by molar-refractivity contribution is 4.75. The van der Waals surface area contributed by atoms with Gasteiger partial charge in [-0.05, 0) is 18.3 Å². The normalized spacial score (nSPS) is 34.8. The Hall–Kier alpha value is -0.110. The summed E-state index contributed by atoms with van der Waals surface area (Å²) in [6, 6.07) is 0. The van der Waals surface area contributed by atoms with Gasteiger partial charge in [0.2, 0.25) is 0 Å². The van der Waals surface area contributed by atoms with Gasteiger partial charge in [0.05, 0.1) is 6.61 Å². The Bertz CT molecular complexity index is 103. The molecule has 2 heteroatoms. The van der Waals surface area contributed by atoms with Crippen LogP contribution in [0.3, 0.4) is 0 Å². The third-order valence-electron chi connectivity index (χ3n) is 2.19. The fourth-order valence-corrected chi connectivity index (χ4v) is 1.47. The maximum atomic E-state index is 13.0. The first-order chi connectivity index (χ1) is 4.72. The van der Waals surface area contributed by atoms with Crippen LogP contribution in [-0.4, -0.2) is 19.4 Å². The van der Waals surface area contributed by atoms with Crippen molar-refractivity contribution in [3.05, 3.63) is 0 Å². The van der Waals surface area contributed by atoms with Crippen LogP contribution in [0.25, 0.3) is 0 Å². The lowest BCUT2D eigenvalue weighted by molar-refractivity contribution is -0.0161. The van der Waals surface area contributed by atoms with Gasteiger partial charge in [-0.1, -0.05) is 13.8 Å². The molecule has 1 aliphatic rings. The van der Waals surface area contributed by atoms with Crippen LogP contribution < -0.4 is 0 Å². The zero-order valence-electron chi connectivity index (χ0n) is 6.64. The van der Waals surface area contributed by atoms with Crippen LogP contribution in [0.1, 0.15) is 20.3 Å². The van der Waals surface area contributed by atoms with Crippen LogP contribution in [0.15, 0.2) is 0 Å². The van der Waals surface area contributed by atoms with Crippen molar-refractivity contribution in [3.63, 3.8) is 0 Å². The van der Waals surface area contributed by atoms with Crippen LogP contribution in [0, 0.1) is 11.8 Å². The van der Waals surface area contributed by atoms with Gasteiger partial charge in [-0.2, -0.15) is 0 Å². The second kappa shape index (κ2) is 3.33. The van der Waals surface area contributed by atoms with Crippen LogP contribution in [0.2, 0.25) is 0 Å². The molecule has 1 saturated heterocycles. The van der Waals surface area contributed by atoms with Gasteiger partial charge in [-0.3, -0.25) is 0 Å². The van der Waals surface area contributed by atoms with Gasteiger partial charge in [0.25, 0.3) is 0 Å². The molecule has 1 rings (SSSR count). The summed E-state index contributed by atoms with van der Waals surface area (Å²) in [6.45, 7) is 5.19. The van der Waals surface area contributed by atoms with E-state index < -0.39 is 6.17 Å². The van der Waals surface area contributed by atoms with Crippen molar-refractivity contribution in [1.82, 2.24) is 0 Å². The monoisotopic (exact) mass is 146 g/mol. The van der Waals surface area contributed by atoms with E-state index in [1.807, 2.05) is 0 Å². The van der Waals surface area contributed by atoms with Crippen LogP contribution in [0.4, 0.5) is 4.39 Å². The maximum absolute atomic E-state index is 13.0. The lowest BCUT2D eigenvalue weighted by Crippen LogP contribution is -2.32. The number of hydrogen-bond donors (Lipinski definition) is 0. The van der Waals surface area contributed by atoms with E-state index in [4.69, 9.17) is 4.74 Å². The number of rotatable bonds is 1.